The Kier molecular flexibility index (Phi) is 7.12. The number of aromatic nitrogens is 2. The summed E-state index contributed by atoms with van der Waals surface area (Å²) >= 11 is 1.33. The van der Waals surface area contributed by atoms with Gasteiger partial charge in [0.1, 0.15) is 27.6 Å². The molecule has 40 heavy (non-hydrogen) atoms. The summed E-state index contributed by atoms with van der Waals surface area (Å²) in [6.07, 6.45) is 7.94. The van der Waals surface area contributed by atoms with Crippen molar-refractivity contribution in [3.8, 4) is 11.5 Å². The monoisotopic (exact) mass is 556 g/mol. The molecule has 1 saturated carbocycles. The third-order valence-electron chi connectivity index (χ3n) is 7.30. The second-order valence-electron chi connectivity index (χ2n) is 9.84. The van der Waals surface area contributed by atoms with Gasteiger partial charge in [0.15, 0.2) is 0 Å². The van der Waals surface area contributed by atoms with Crippen LogP contribution in [0.25, 0.3) is 0 Å². The molecule has 2 unspecified atom stereocenters. The molecule has 2 aliphatic heterocycles. The number of rotatable bonds is 7. The van der Waals surface area contributed by atoms with Crippen LogP contribution in [0.15, 0.2) is 78.6 Å². The first kappa shape index (κ1) is 25.9. The highest BCUT2D eigenvalue weighted by molar-refractivity contribution is 8.01. The van der Waals surface area contributed by atoms with Gasteiger partial charge in [-0.15, -0.1) is 0 Å². The van der Waals surface area contributed by atoms with E-state index in [0.717, 1.165) is 31.2 Å². The van der Waals surface area contributed by atoms with Gasteiger partial charge in [0, 0.05) is 23.8 Å². The van der Waals surface area contributed by atoms with E-state index in [1.54, 1.807) is 30.6 Å². The molecule has 1 aromatic carbocycles. The van der Waals surface area contributed by atoms with Crippen LogP contribution in [-0.4, -0.2) is 45.1 Å². The molecule has 1 aliphatic carbocycles. The number of thioether (sulfide) groups is 1. The summed E-state index contributed by atoms with van der Waals surface area (Å²) in [5, 5.41) is 9.19. The number of ether oxygens (including phenoxy) is 1. The molecular formula is C29H28N6O4S. The molecule has 6 rings (SSSR count). The fraction of sp³-hybridized carbons (Fsp3) is 0.276. The summed E-state index contributed by atoms with van der Waals surface area (Å²) in [6, 6.07) is 13.3. The van der Waals surface area contributed by atoms with E-state index in [1.165, 1.54) is 22.7 Å². The van der Waals surface area contributed by atoms with E-state index in [0.29, 0.717) is 28.0 Å². The maximum absolute atomic E-state index is 13.5. The van der Waals surface area contributed by atoms with Crippen molar-refractivity contribution in [3.63, 3.8) is 0 Å². The molecule has 0 bridgehead atoms. The zero-order valence-corrected chi connectivity index (χ0v) is 22.4. The van der Waals surface area contributed by atoms with Crippen LogP contribution in [0.2, 0.25) is 0 Å². The third-order valence-corrected chi connectivity index (χ3v) is 8.59. The van der Waals surface area contributed by atoms with Crippen molar-refractivity contribution in [2.24, 2.45) is 0 Å². The van der Waals surface area contributed by atoms with Crippen LogP contribution in [0.3, 0.4) is 0 Å². The number of carbonyl (C=O) groups excluding carboxylic acids is 3. The first-order chi connectivity index (χ1) is 19.5. The second-order valence-corrected chi connectivity index (χ2v) is 11.0. The molecule has 3 aliphatic rings. The Morgan fingerprint density at radius 3 is 2.52 bits per heavy atom. The van der Waals surface area contributed by atoms with Crippen molar-refractivity contribution in [2.45, 2.75) is 54.1 Å². The molecular weight excluding hydrogens is 528 g/mol. The molecule has 2 aromatic heterocycles. The van der Waals surface area contributed by atoms with E-state index in [4.69, 9.17) is 4.74 Å². The van der Waals surface area contributed by atoms with E-state index < -0.39 is 11.3 Å². The van der Waals surface area contributed by atoms with Crippen LogP contribution in [0.1, 0.15) is 37.3 Å². The van der Waals surface area contributed by atoms with Crippen molar-refractivity contribution < 1.29 is 19.1 Å². The minimum atomic E-state index is -0.595. The van der Waals surface area contributed by atoms with Crippen LogP contribution in [0, 0.1) is 0 Å². The van der Waals surface area contributed by atoms with Crippen LogP contribution in [0.4, 0.5) is 16.3 Å². The smallest absolute Gasteiger partial charge is 0.328 e. The van der Waals surface area contributed by atoms with Crippen molar-refractivity contribution >= 4 is 41.1 Å². The second kappa shape index (κ2) is 11.0. The zero-order chi connectivity index (χ0) is 27.6. The number of nitrogens with zero attached hydrogens (tertiary/aromatic N) is 3. The number of pyridine rings is 2. The van der Waals surface area contributed by atoms with Gasteiger partial charge in [-0.1, -0.05) is 49.4 Å². The lowest BCUT2D eigenvalue weighted by Crippen LogP contribution is -2.56. The number of hydrogen-bond donors (Lipinski definition) is 3. The summed E-state index contributed by atoms with van der Waals surface area (Å²) in [7, 11) is 0. The van der Waals surface area contributed by atoms with Gasteiger partial charge < -0.3 is 20.7 Å². The van der Waals surface area contributed by atoms with E-state index in [1.807, 2.05) is 30.3 Å². The molecule has 4 amide bonds. The molecule has 11 heteroatoms. The van der Waals surface area contributed by atoms with E-state index >= 15 is 0 Å². The number of para-hydroxylation sites is 1. The Labute approximate surface area is 235 Å². The van der Waals surface area contributed by atoms with Gasteiger partial charge in [-0.25, -0.2) is 19.7 Å². The topological polar surface area (TPSA) is 126 Å². The normalized spacial score (nSPS) is 23.0. The predicted molar refractivity (Wildman–Crippen MR) is 151 cm³/mol. The molecule has 0 saturated heterocycles. The number of carbonyl (C=O) groups is 3. The molecule has 204 valence electrons. The Morgan fingerprint density at radius 1 is 1.02 bits per heavy atom. The van der Waals surface area contributed by atoms with Crippen LogP contribution >= 0.6 is 11.8 Å². The fourth-order valence-corrected chi connectivity index (χ4v) is 6.66. The lowest BCUT2D eigenvalue weighted by Gasteiger charge is -2.35. The first-order valence-corrected chi connectivity index (χ1v) is 14.1. The zero-order valence-electron chi connectivity index (χ0n) is 21.6. The van der Waals surface area contributed by atoms with Crippen LogP contribution < -0.4 is 25.6 Å². The Balaban J connectivity index is 1.21. The van der Waals surface area contributed by atoms with Crippen LogP contribution in [-0.2, 0) is 9.59 Å². The Hall–Kier alpha value is -4.38. The van der Waals surface area contributed by atoms with Gasteiger partial charge in [0.05, 0.1) is 17.9 Å². The largest absolute Gasteiger partial charge is 0.456 e. The highest BCUT2D eigenvalue weighted by Crippen LogP contribution is 2.50. The lowest BCUT2D eigenvalue weighted by atomic mass is 9.89. The van der Waals surface area contributed by atoms with Crippen molar-refractivity contribution in [1.29, 1.82) is 0 Å². The highest BCUT2D eigenvalue weighted by atomic mass is 32.2. The van der Waals surface area contributed by atoms with E-state index in [9.17, 15) is 14.4 Å². The standard InChI is InChI=1S/C29H28N6O4S/c1-2-23(36)32-19-10-6-7-11-20(19)33-27(37)26-25-24-21(14-15-30-28(24)40-26)35(29(38)34-25)22-13-12-18(16-31-22)39-17-8-4-3-5-9-17/h2-5,8-9,12-16,19-20,25-26H,1,6-7,10-11H2,(H,32,36)(H,33,37)(H,34,38)/t19-,20+,25?,26?/m0/s1. The van der Waals surface area contributed by atoms with E-state index in [2.05, 4.69) is 32.5 Å². The summed E-state index contributed by atoms with van der Waals surface area (Å²) in [5.74, 6) is 1.20. The fourth-order valence-electron chi connectivity index (χ4n) is 5.43. The number of benzene rings is 1. The average Bonchev–Trinajstić information content (AvgIpc) is 3.35. The maximum atomic E-state index is 13.5. The van der Waals surface area contributed by atoms with Gasteiger partial charge in [-0.2, -0.15) is 0 Å². The quantitative estimate of drug-likeness (QED) is 0.369. The average molecular weight is 557 g/mol. The van der Waals surface area contributed by atoms with Gasteiger partial charge in [0.2, 0.25) is 11.8 Å². The number of anilines is 2. The molecule has 3 aromatic rings. The lowest BCUT2D eigenvalue weighted by molar-refractivity contribution is -0.123. The molecule has 4 heterocycles. The van der Waals surface area contributed by atoms with Gasteiger partial charge in [-0.3, -0.25) is 9.59 Å². The number of nitrogens with one attached hydrogen (secondary N) is 3. The van der Waals surface area contributed by atoms with Crippen molar-refractivity contribution in [3.05, 3.63) is 79.1 Å². The highest BCUT2D eigenvalue weighted by Gasteiger charge is 2.47. The van der Waals surface area contributed by atoms with Crippen molar-refractivity contribution in [2.75, 3.05) is 4.90 Å². The predicted octanol–water partition coefficient (Wildman–Crippen LogP) is 4.38. The summed E-state index contributed by atoms with van der Waals surface area (Å²) in [4.78, 5) is 49.4. The molecule has 0 radical (unpaired) electrons. The van der Waals surface area contributed by atoms with Gasteiger partial charge >= 0.3 is 6.03 Å². The molecule has 3 N–H and O–H groups in total. The molecule has 10 nitrogen and oxygen atoms in total. The number of urea groups is 1. The summed E-state index contributed by atoms with van der Waals surface area (Å²) in [5.41, 5.74) is 1.43. The third kappa shape index (κ3) is 5.00. The van der Waals surface area contributed by atoms with Crippen LogP contribution in [0.5, 0.6) is 11.5 Å². The number of hydrogen-bond acceptors (Lipinski definition) is 7. The van der Waals surface area contributed by atoms with Gasteiger partial charge in [0.25, 0.3) is 0 Å². The number of amides is 4. The maximum Gasteiger partial charge on any atom is 0.328 e. The summed E-state index contributed by atoms with van der Waals surface area (Å²) in [6.45, 7) is 3.53. The van der Waals surface area contributed by atoms with Gasteiger partial charge in [-0.05, 0) is 49.2 Å². The first-order valence-electron chi connectivity index (χ1n) is 13.2. The molecule has 0 spiro atoms. The SMILES string of the molecule is C=CC(=O)N[C@H]1CCCC[C@H]1NC(=O)C1Sc2nccc3c2C1NC(=O)N3c1ccc(Oc2ccccc2)cn1. The van der Waals surface area contributed by atoms with Crippen molar-refractivity contribution in [1.82, 2.24) is 25.9 Å². The minimum absolute atomic E-state index is 0.165. The molecule has 1 fully saturated rings. The minimum Gasteiger partial charge on any atom is -0.456 e. The molecule has 4 atom stereocenters. The Morgan fingerprint density at radius 2 is 1.80 bits per heavy atom. The summed E-state index contributed by atoms with van der Waals surface area (Å²) < 4.78 is 5.83. The van der Waals surface area contributed by atoms with E-state index in [-0.39, 0.29) is 29.9 Å². The Bertz CT molecular complexity index is 1450.